The molecular formula is C14H20FN3O3S. The van der Waals surface area contributed by atoms with E-state index in [4.69, 9.17) is 0 Å². The van der Waals surface area contributed by atoms with Gasteiger partial charge in [-0.3, -0.25) is 4.79 Å². The van der Waals surface area contributed by atoms with Gasteiger partial charge in [0.2, 0.25) is 15.9 Å². The lowest BCUT2D eigenvalue weighted by atomic mass is 10.3. The largest absolute Gasteiger partial charge is 0.339 e. The Morgan fingerprint density at radius 2 is 1.86 bits per heavy atom. The smallest absolute Gasteiger partial charge is 0.243 e. The van der Waals surface area contributed by atoms with Gasteiger partial charge in [0.25, 0.3) is 0 Å². The number of rotatable bonds is 4. The molecule has 0 saturated carbocycles. The van der Waals surface area contributed by atoms with Crippen LogP contribution in [0.4, 0.5) is 4.39 Å². The molecule has 1 amide bonds. The van der Waals surface area contributed by atoms with E-state index in [0.717, 1.165) is 6.07 Å². The van der Waals surface area contributed by atoms with Crippen LogP contribution in [0.1, 0.15) is 0 Å². The summed E-state index contributed by atoms with van der Waals surface area (Å²) in [4.78, 5) is 15.3. The van der Waals surface area contributed by atoms with Crippen LogP contribution >= 0.6 is 0 Å². The van der Waals surface area contributed by atoms with Gasteiger partial charge in [0, 0.05) is 26.2 Å². The maximum atomic E-state index is 13.2. The standard InChI is InChI=1S/C14H20FN3O3S/c1-16(2)11-14(19)17-6-8-18(9-7-17)22(20,21)13-5-3-4-12(15)10-13/h3-5,10H,6-9,11H2,1-2H3. The molecule has 1 fully saturated rings. The number of carbonyl (C=O) groups is 1. The van der Waals surface area contributed by atoms with Crippen molar-refractivity contribution in [2.75, 3.05) is 46.8 Å². The monoisotopic (exact) mass is 329 g/mol. The summed E-state index contributed by atoms with van der Waals surface area (Å²) >= 11 is 0. The second-order valence-electron chi connectivity index (χ2n) is 5.48. The van der Waals surface area contributed by atoms with Crippen LogP contribution in [-0.2, 0) is 14.8 Å². The first kappa shape index (κ1) is 16.9. The van der Waals surface area contributed by atoms with Gasteiger partial charge in [-0.25, -0.2) is 12.8 Å². The van der Waals surface area contributed by atoms with Crippen molar-refractivity contribution < 1.29 is 17.6 Å². The summed E-state index contributed by atoms with van der Waals surface area (Å²) in [6.45, 7) is 1.44. The van der Waals surface area contributed by atoms with E-state index in [2.05, 4.69) is 0 Å². The number of benzene rings is 1. The van der Waals surface area contributed by atoms with Crippen LogP contribution < -0.4 is 0 Å². The first-order valence-electron chi connectivity index (χ1n) is 6.99. The van der Waals surface area contributed by atoms with Gasteiger partial charge in [-0.15, -0.1) is 0 Å². The molecule has 122 valence electrons. The highest BCUT2D eigenvalue weighted by molar-refractivity contribution is 7.89. The minimum Gasteiger partial charge on any atom is -0.339 e. The van der Waals surface area contributed by atoms with Crippen LogP contribution in [0.5, 0.6) is 0 Å². The van der Waals surface area contributed by atoms with E-state index in [1.165, 1.54) is 22.5 Å². The Morgan fingerprint density at radius 1 is 1.23 bits per heavy atom. The van der Waals surface area contributed by atoms with Gasteiger partial charge in [0.15, 0.2) is 0 Å². The maximum absolute atomic E-state index is 13.2. The number of carbonyl (C=O) groups excluding carboxylic acids is 1. The summed E-state index contributed by atoms with van der Waals surface area (Å²) in [5.41, 5.74) is 0. The molecule has 0 unspecified atom stereocenters. The van der Waals surface area contributed by atoms with Crippen LogP contribution in [0.2, 0.25) is 0 Å². The molecule has 1 aromatic rings. The van der Waals surface area contributed by atoms with Crippen molar-refractivity contribution in [3.8, 4) is 0 Å². The Bertz CT molecular complexity index is 640. The predicted molar refractivity (Wildman–Crippen MR) is 80.3 cm³/mol. The van der Waals surface area contributed by atoms with Gasteiger partial charge in [-0.1, -0.05) is 6.07 Å². The van der Waals surface area contributed by atoms with E-state index in [9.17, 15) is 17.6 Å². The van der Waals surface area contributed by atoms with E-state index in [1.807, 2.05) is 14.1 Å². The molecule has 2 rings (SSSR count). The number of piperazine rings is 1. The van der Waals surface area contributed by atoms with Crippen molar-refractivity contribution in [1.82, 2.24) is 14.1 Å². The van der Waals surface area contributed by atoms with Crippen LogP contribution in [0.15, 0.2) is 29.2 Å². The molecule has 1 aromatic carbocycles. The number of hydrogen-bond donors (Lipinski definition) is 0. The summed E-state index contributed by atoms with van der Waals surface area (Å²) in [5, 5.41) is 0. The lowest BCUT2D eigenvalue weighted by molar-refractivity contribution is -0.133. The molecule has 0 bridgehead atoms. The number of likely N-dealkylation sites (N-methyl/N-ethyl adjacent to an activating group) is 1. The fourth-order valence-corrected chi connectivity index (χ4v) is 3.78. The van der Waals surface area contributed by atoms with Gasteiger partial charge in [0.1, 0.15) is 5.82 Å². The Balaban J connectivity index is 2.03. The van der Waals surface area contributed by atoms with Crippen LogP contribution in [0.3, 0.4) is 0 Å². The topological polar surface area (TPSA) is 60.9 Å². The number of nitrogens with zero attached hydrogens (tertiary/aromatic N) is 3. The van der Waals surface area contributed by atoms with E-state index >= 15 is 0 Å². The van der Waals surface area contributed by atoms with E-state index in [-0.39, 0.29) is 23.9 Å². The first-order chi connectivity index (χ1) is 10.3. The molecule has 1 heterocycles. The molecule has 1 aliphatic heterocycles. The number of halogens is 1. The van der Waals surface area contributed by atoms with E-state index in [1.54, 1.807) is 9.80 Å². The molecule has 0 atom stereocenters. The summed E-state index contributed by atoms with van der Waals surface area (Å²) < 4.78 is 39.4. The Morgan fingerprint density at radius 3 is 2.41 bits per heavy atom. The Labute approximate surface area is 130 Å². The molecular weight excluding hydrogens is 309 g/mol. The third kappa shape index (κ3) is 3.82. The average molecular weight is 329 g/mol. The lowest BCUT2D eigenvalue weighted by Crippen LogP contribution is -2.52. The molecule has 0 aliphatic carbocycles. The molecule has 1 aliphatic rings. The second-order valence-corrected chi connectivity index (χ2v) is 7.42. The predicted octanol–water partition coefficient (Wildman–Crippen LogP) is 0.220. The quantitative estimate of drug-likeness (QED) is 0.793. The summed E-state index contributed by atoms with van der Waals surface area (Å²) in [6, 6.07) is 4.97. The maximum Gasteiger partial charge on any atom is 0.243 e. The average Bonchev–Trinajstić information content (AvgIpc) is 2.46. The third-order valence-corrected chi connectivity index (χ3v) is 5.37. The van der Waals surface area contributed by atoms with E-state index in [0.29, 0.717) is 19.6 Å². The van der Waals surface area contributed by atoms with Crippen LogP contribution in [0, 0.1) is 5.82 Å². The number of sulfonamides is 1. The molecule has 0 N–H and O–H groups in total. The molecule has 6 nitrogen and oxygen atoms in total. The highest BCUT2D eigenvalue weighted by Crippen LogP contribution is 2.18. The minimum absolute atomic E-state index is 0.0206. The zero-order chi connectivity index (χ0) is 16.3. The SMILES string of the molecule is CN(C)CC(=O)N1CCN(S(=O)(=O)c2cccc(F)c2)CC1. The second kappa shape index (κ2) is 6.72. The van der Waals surface area contributed by atoms with Crippen molar-refractivity contribution in [2.24, 2.45) is 0 Å². The normalized spacial score (nSPS) is 17.0. The van der Waals surface area contributed by atoms with Crippen molar-refractivity contribution in [3.05, 3.63) is 30.1 Å². The molecule has 1 saturated heterocycles. The minimum atomic E-state index is -3.71. The Kier molecular flexibility index (Phi) is 5.15. The van der Waals surface area contributed by atoms with Crippen molar-refractivity contribution in [1.29, 1.82) is 0 Å². The first-order valence-corrected chi connectivity index (χ1v) is 8.43. The molecule has 0 radical (unpaired) electrons. The highest BCUT2D eigenvalue weighted by Gasteiger charge is 2.30. The van der Waals surface area contributed by atoms with Crippen molar-refractivity contribution in [3.63, 3.8) is 0 Å². The van der Waals surface area contributed by atoms with Gasteiger partial charge < -0.3 is 9.80 Å². The van der Waals surface area contributed by atoms with Gasteiger partial charge in [-0.05, 0) is 32.3 Å². The number of amides is 1. The molecule has 8 heteroatoms. The molecule has 22 heavy (non-hydrogen) atoms. The third-order valence-electron chi connectivity index (χ3n) is 3.48. The molecule has 0 spiro atoms. The molecule has 0 aromatic heterocycles. The van der Waals surface area contributed by atoms with Crippen LogP contribution in [0.25, 0.3) is 0 Å². The summed E-state index contributed by atoms with van der Waals surface area (Å²) in [5.74, 6) is -0.603. The van der Waals surface area contributed by atoms with Gasteiger partial charge in [-0.2, -0.15) is 4.31 Å². The van der Waals surface area contributed by atoms with E-state index < -0.39 is 15.8 Å². The Hall–Kier alpha value is -1.51. The van der Waals surface area contributed by atoms with Crippen molar-refractivity contribution in [2.45, 2.75) is 4.90 Å². The summed E-state index contributed by atoms with van der Waals surface area (Å²) in [6.07, 6.45) is 0. The van der Waals surface area contributed by atoms with Gasteiger partial charge >= 0.3 is 0 Å². The number of hydrogen-bond acceptors (Lipinski definition) is 4. The zero-order valence-electron chi connectivity index (χ0n) is 12.7. The van der Waals surface area contributed by atoms with Crippen molar-refractivity contribution >= 4 is 15.9 Å². The van der Waals surface area contributed by atoms with Crippen LogP contribution in [-0.4, -0.2) is 75.2 Å². The zero-order valence-corrected chi connectivity index (χ0v) is 13.5. The fourth-order valence-electron chi connectivity index (χ4n) is 2.32. The fraction of sp³-hybridized carbons (Fsp3) is 0.500. The van der Waals surface area contributed by atoms with Gasteiger partial charge in [0.05, 0.1) is 11.4 Å². The summed E-state index contributed by atoms with van der Waals surface area (Å²) in [7, 11) is -0.0956. The highest BCUT2D eigenvalue weighted by atomic mass is 32.2. The lowest BCUT2D eigenvalue weighted by Gasteiger charge is -2.34.